The molecule has 1 aliphatic rings. The molecule has 0 saturated carbocycles. The molecule has 1 aliphatic heterocycles. The number of aliphatic imine (C=N–C) groups is 1. The summed E-state index contributed by atoms with van der Waals surface area (Å²) in [5.41, 5.74) is 0. The first-order valence-electron chi connectivity index (χ1n) is 3.22. The van der Waals surface area contributed by atoms with Crippen LogP contribution in [0, 0.1) is 5.92 Å². The van der Waals surface area contributed by atoms with E-state index < -0.39 is 0 Å². The van der Waals surface area contributed by atoms with Gasteiger partial charge in [0.25, 0.3) is 0 Å². The highest BCUT2D eigenvalue weighted by molar-refractivity contribution is 5.63. The predicted molar refractivity (Wildman–Crippen MR) is 36.1 cm³/mol. The summed E-state index contributed by atoms with van der Waals surface area (Å²) in [6.07, 6.45) is 5.09. The topological polar surface area (TPSA) is 12.4 Å². The number of allylic oxidation sites excluding steroid dienone is 1. The van der Waals surface area contributed by atoms with Gasteiger partial charge in [0, 0.05) is 6.21 Å². The highest BCUT2D eigenvalue weighted by Crippen LogP contribution is 2.14. The fourth-order valence-electron chi connectivity index (χ4n) is 0.811. The van der Waals surface area contributed by atoms with E-state index in [0.717, 1.165) is 12.8 Å². The minimum absolute atomic E-state index is 0.334. The Balaban J connectivity index is 2.48. The monoisotopic (exact) mass is 127 g/mol. The third kappa shape index (κ3) is 1.63. The summed E-state index contributed by atoms with van der Waals surface area (Å²) < 4.78 is 12.2. The molecule has 0 aliphatic carbocycles. The highest BCUT2D eigenvalue weighted by Gasteiger charge is 2.05. The van der Waals surface area contributed by atoms with Gasteiger partial charge >= 0.3 is 0 Å². The Morgan fingerprint density at radius 3 is 3.11 bits per heavy atom. The Morgan fingerprint density at radius 2 is 2.67 bits per heavy atom. The number of hydrogen-bond donors (Lipinski definition) is 0. The fraction of sp³-hybridized carbons (Fsp3) is 0.571. The van der Waals surface area contributed by atoms with Crippen molar-refractivity contribution in [3.63, 3.8) is 0 Å². The summed E-state index contributed by atoms with van der Waals surface area (Å²) in [5, 5.41) is 0. The molecular formula is C7H10FN. The predicted octanol–water partition coefficient (Wildman–Crippen LogP) is 2.30. The lowest BCUT2D eigenvalue weighted by atomic mass is 10.0. The van der Waals surface area contributed by atoms with Crippen molar-refractivity contribution < 1.29 is 4.39 Å². The van der Waals surface area contributed by atoms with Crippen molar-refractivity contribution in [2.75, 3.05) is 0 Å². The molecule has 0 fully saturated rings. The standard InChI is InChI=1S/C7H10FN/c1-2-6-3-4-7(8)9-5-6/h4-6H,2-3H2,1H3. The molecule has 0 spiro atoms. The highest BCUT2D eigenvalue weighted by atomic mass is 19.1. The van der Waals surface area contributed by atoms with Crippen LogP contribution in [0.3, 0.4) is 0 Å². The Kier molecular flexibility index (Phi) is 1.98. The first-order valence-corrected chi connectivity index (χ1v) is 3.22. The second-order valence-corrected chi connectivity index (χ2v) is 2.21. The largest absolute Gasteiger partial charge is 0.233 e. The fourth-order valence-corrected chi connectivity index (χ4v) is 0.811. The van der Waals surface area contributed by atoms with E-state index in [1.165, 1.54) is 6.08 Å². The molecule has 0 aromatic heterocycles. The summed E-state index contributed by atoms with van der Waals surface area (Å²) >= 11 is 0. The molecule has 0 aromatic carbocycles. The molecule has 50 valence electrons. The van der Waals surface area contributed by atoms with Crippen LogP contribution in [0.4, 0.5) is 4.39 Å². The van der Waals surface area contributed by atoms with Crippen molar-refractivity contribution in [3.8, 4) is 0 Å². The van der Waals surface area contributed by atoms with E-state index in [0.29, 0.717) is 5.92 Å². The average Bonchev–Trinajstić information content (AvgIpc) is 1.90. The lowest BCUT2D eigenvalue weighted by Crippen LogP contribution is -2.01. The van der Waals surface area contributed by atoms with Gasteiger partial charge in [0.1, 0.15) is 0 Å². The van der Waals surface area contributed by atoms with Gasteiger partial charge in [-0.25, -0.2) is 4.99 Å². The number of rotatable bonds is 1. The van der Waals surface area contributed by atoms with Crippen LogP contribution in [0.1, 0.15) is 19.8 Å². The van der Waals surface area contributed by atoms with Crippen molar-refractivity contribution in [1.29, 1.82) is 0 Å². The maximum Gasteiger partial charge on any atom is 0.208 e. The molecule has 1 nitrogen and oxygen atoms in total. The molecule has 1 rings (SSSR count). The maximum absolute atomic E-state index is 12.2. The van der Waals surface area contributed by atoms with Gasteiger partial charge in [-0.15, -0.1) is 0 Å². The number of hydrogen-bond acceptors (Lipinski definition) is 1. The number of nitrogens with zero attached hydrogens (tertiary/aromatic N) is 1. The van der Waals surface area contributed by atoms with Crippen LogP contribution >= 0.6 is 0 Å². The van der Waals surface area contributed by atoms with Crippen LogP contribution < -0.4 is 0 Å². The molecular weight excluding hydrogens is 117 g/mol. The molecule has 1 atom stereocenters. The smallest absolute Gasteiger partial charge is 0.208 e. The van der Waals surface area contributed by atoms with Gasteiger partial charge in [0.2, 0.25) is 5.95 Å². The minimum atomic E-state index is -0.334. The van der Waals surface area contributed by atoms with E-state index >= 15 is 0 Å². The Labute approximate surface area is 54.3 Å². The van der Waals surface area contributed by atoms with E-state index in [1.54, 1.807) is 6.21 Å². The van der Waals surface area contributed by atoms with Crippen molar-refractivity contribution in [3.05, 3.63) is 12.0 Å². The second kappa shape index (κ2) is 2.76. The zero-order chi connectivity index (χ0) is 6.69. The van der Waals surface area contributed by atoms with Gasteiger partial charge < -0.3 is 0 Å². The lowest BCUT2D eigenvalue weighted by molar-refractivity contribution is 0.585. The summed E-state index contributed by atoms with van der Waals surface area (Å²) in [5.74, 6) is 0.129. The van der Waals surface area contributed by atoms with Crippen LogP contribution in [0.2, 0.25) is 0 Å². The minimum Gasteiger partial charge on any atom is -0.233 e. The lowest BCUT2D eigenvalue weighted by Gasteiger charge is -2.07. The molecule has 0 bridgehead atoms. The molecule has 0 aromatic rings. The number of halogens is 1. The normalized spacial score (nSPS) is 26.0. The molecule has 2 heteroatoms. The van der Waals surface area contributed by atoms with Crippen LogP contribution in [0.15, 0.2) is 17.0 Å². The van der Waals surface area contributed by atoms with Gasteiger partial charge in [-0.2, -0.15) is 4.39 Å². The summed E-state index contributed by atoms with van der Waals surface area (Å²) in [7, 11) is 0. The van der Waals surface area contributed by atoms with E-state index in [4.69, 9.17) is 0 Å². The molecule has 0 saturated heterocycles. The molecule has 0 amide bonds. The van der Waals surface area contributed by atoms with E-state index in [9.17, 15) is 4.39 Å². The first kappa shape index (κ1) is 6.46. The van der Waals surface area contributed by atoms with Crippen LogP contribution in [-0.4, -0.2) is 6.21 Å². The molecule has 9 heavy (non-hydrogen) atoms. The summed E-state index contributed by atoms with van der Waals surface area (Å²) in [6, 6.07) is 0. The van der Waals surface area contributed by atoms with Crippen molar-refractivity contribution in [2.45, 2.75) is 19.8 Å². The third-order valence-corrected chi connectivity index (χ3v) is 1.52. The van der Waals surface area contributed by atoms with Crippen LogP contribution in [0.5, 0.6) is 0 Å². The Bertz CT molecular complexity index is 149. The molecule has 0 radical (unpaired) electrons. The zero-order valence-corrected chi connectivity index (χ0v) is 5.47. The van der Waals surface area contributed by atoms with Gasteiger partial charge in [-0.3, -0.25) is 0 Å². The van der Waals surface area contributed by atoms with Crippen molar-refractivity contribution >= 4 is 6.21 Å². The van der Waals surface area contributed by atoms with Gasteiger partial charge in [0.05, 0.1) is 0 Å². The van der Waals surface area contributed by atoms with Crippen LogP contribution in [0.25, 0.3) is 0 Å². The van der Waals surface area contributed by atoms with E-state index in [1.807, 2.05) is 0 Å². The van der Waals surface area contributed by atoms with Gasteiger partial charge in [-0.05, 0) is 24.8 Å². The average molecular weight is 127 g/mol. The third-order valence-electron chi connectivity index (χ3n) is 1.52. The zero-order valence-electron chi connectivity index (χ0n) is 5.47. The maximum atomic E-state index is 12.2. The Morgan fingerprint density at radius 1 is 1.89 bits per heavy atom. The van der Waals surface area contributed by atoms with Crippen molar-refractivity contribution in [1.82, 2.24) is 0 Å². The molecule has 1 unspecified atom stereocenters. The van der Waals surface area contributed by atoms with Gasteiger partial charge in [0.15, 0.2) is 0 Å². The second-order valence-electron chi connectivity index (χ2n) is 2.21. The molecule has 1 heterocycles. The molecule has 0 N–H and O–H groups in total. The van der Waals surface area contributed by atoms with Crippen LogP contribution in [-0.2, 0) is 0 Å². The summed E-state index contributed by atoms with van der Waals surface area (Å²) in [6.45, 7) is 2.08. The van der Waals surface area contributed by atoms with Gasteiger partial charge in [-0.1, -0.05) is 6.92 Å². The van der Waals surface area contributed by atoms with E-state index in [2.05, 4.69) is 11.9 Å². The Hall–Kier alpha value is -0.660. The van der Waals surface area contributed by atoms with Crippen molar-refractivity contribution in [2.24, 2.45) is 10.9 Å². The summed E-state index contributed by atoms with van der Waals surface area (Å²) in [4.78, 5) is 3.55. The SMILES string of the molecule is CCC1C=NC(F)=CC1. The van der Waals surface area contributed by atoms with E-state index in [-0.39, 0.29) is 5.95 Å². The first-order chi connectivity index (χ1) is 4.33. The quantitative estimate of drug-likeness (QED) is 0.479.